The lowest BCUT2D eigenvalue weighted by Gasteiger charge is -2.09. The SMILES string of the molecule is CC(C)CC(=O)Nc1ccc(NC(=O)Cc2ccc(O)cc2)cc1. The number of anilines is 2. The number of aromatic hydroxyl groups is 1. The van der Waals surface area contributed by atoms with Crippen LogP contribution in [0.5, 0.6) is 5.75 Å². The van der Waals surface area contributed by atoms with Crippen molar-refractivity contribution in [1.29, 1.82) is 0 Å². The molecule has 2 amide bonds. The summed E-state index contributed by atoms with van der Waals surface area (Å²) in [5, 5.41) is 14.9. The van der Waals surface area contributed by atoms with Crippen molar-refractivity contribution < 1.29 is 14.7 Å². The molecule has 0 aliphatic heterocycles. The van der Waals surface area contributed by atoms with Gasteiger partial charge in [-0.25, -0.2) is 0 Å². The van der Waals surface area contributed by atoms with E-state index in [-0.39, 0.29) is 24.0 Å². The molecular weight excluding hydrogens is 304 g/mol. The predicted molar refractivity (Wildman–Crippen MR) is 95.0 cm³/mol. The maximum atomic E-state index is 12.0. The topological polar surface area (TPSA) is 78.4 Å². The van der Waals surface area contributed by atoms with Crippen LogP contribution in [0.25, 0.3) is 0 Å². The predicted octanol–water partition coefficient (Wildman–Crippen LogP) is 3.56. The van der Waals surface area contributed by atoms with E-state index in [2.05, 4.69) is 10.6 Å². The maximum absolute atomic E-state index is 12.0. The van der Waals surface area contributed by atoms with E-state index >= 15 is 0 Å². The van der Waals surface area contributed by atoms with Crippen molar-refractivity contribution in [2.75, 3.05) is 10.6 Å². The average Bonchev–Trinajstić information content (AvgIpc) is 2.51. The lowest BCUT2D eigenvalue weighted by Crippen LogP contribution is -2.15. The van der Waals surface area contributed by atoms with Gasteiger partial charge in [-0.3, -0.25) is 9.59 Å². The van der Waals surface area contributed by atoms with Gasteiger partial charge in [0.2, 0.25) is 11.8 Å². The molecule has 0 aliphatic carbocycles. The van der Waals surface area contributed by atoms with Gasteiger partial charge in [0, 0.05) is 17.8 Å². The summed E-state index contributed by atoms with van der Waals surface area (Å²) in [7, 11) is 0. The molecule has 126 valence electrons. The second-order valence-corrected chi connectivity index (χ2v) is 6.11. The number of hydrogen-bond acceptors (Lipinski definition) is 3. The van der Waals surface area contributed by atoms with Crippen molar-refractivity contribution in [3.63, 3.8) is 0 Å². The van der Waals surface area contributed by atoms with Crippen LogP contribution in [-0.2, 0) is 16.0 Å². The van der Waals surface area contributed by atoms with Gasteiger partial charge < -0.3 is 15.7 Å². The Kier molecular flexibility index (Phi) is 5.95. The van der Waals surface area contributed by atoms with E-state index in [0.29, 0.717) is 23.7 Å². The molecule has 0 unspecified atom stereocenters. The lowest BCUT2D eigenvalue weighted by atomic mass is 10.1. The highest BCUT2D eigenvalue weighted by Crippen LogP contribution is 2.15. The van der Waals surface area contributed by atoms with Crippen molar-refractivity contribution >= 4 is 23.2 Å². The van der Waals surface area contributed by atoms with E-state index in [1.165, 1.54) is 0 Å². The first-order chi connectivity index (χ1) is 11.4. The summed E-state index contributed by atoms with van der Waals surface area (Å²) in [5.41, 5.74) is 2.20. The fraction of sp³-hybridized carbons (Fsp3) is 0.263. The fourth-order valence-electron chi connectivity index (χ4n) is 2.22. The van der Waals surface area contributed by atoms with Crippen LogP contribution >= 0.6 is 0 Å². The van der Waals surface area contributed by atoms with E-state index in [0.717, 1.165) is 5.56 Å². The Labute approximate surface area is 141 Å². The summed E-state index contributed by atoms with van der Waals surface area (Å²) >= 11 is 0. The Morgan fingerprint density at radius 1 is 0.875 bits per heavy atom. The first-order valence-corrected chi connectivity index (χ1v) is 7.90. The molecule has 0 heterocycles. The minimum absolute atomic E-state index is 0.0193. The summed E-state index contributed by atoms with van der Waals surface area (Å²) in [4.78, 5) is 23.7. The van der Waals surface area contributed by atoms with E-state index < -0.39 is 0 Å². The first kappa shape index (κ1) is 17.5. The van der Waals surface area contributed by atoms with Gasteiger partial charge in [-0.05, 0) is 47.9 Å². The van der Waals surface area contributed by atoms with Gasteiger partial charge in [0.25, 0.3) is 0 Å². The highest BCUT2D eigenvalue weighted by Gasteiger charge is 2.07. The molecule has 0 saturated carbocycles. The number of benzene rings is 2. The molecule has 2 aromatic carbocycles. The number of hydrogen-bond donors (Lipinski definition) is 3. The van der Waals surface area contributed by atoms with Crippen LogP contribution < -0.4 is 10.6 Å². The number of carbonyl (C=O) groups is 2. The summed E-state index contributed by atoms with van der Waals surface area (Å²) in [6, 6.07) is 13.5. The minimum atomic E-state index is -0.141. The van der Waals surface area contributed by atoms with Crippen LogP contribution in [0.2, 0.25) is 0 Å². The molecule has 5 heteroatoms. The molecule has 2 aromatic rings. The summed E-state index contributed by atoms with van der Waals surface area (Å²) in [6.07, 6.45) is 0.707. The second kappa shape index (κ2) is 8.15. The van der Waals surface area contributed by atoms with Crippen molar-refractivity contribution in [2.45, 2.75) is 26.7 Å². The molecule has 0 radical (unpaired) electrons. The molecule has 0 fully saturated rings. The third-order valence-corrected chi connectivity index (χ3v) is 3.35. The highest BCUT2D eigenvalue weighted by atomic mass is 16.3. The van der Waals surface area contributed by atoms with Crippen LogP contribution in [-0.4, -0.2) is 16.9 Å². The Hall–Kier alpha value is -2.82. The molecule has 2 rings (SSSR count). The fourth-order valence-corrected chi connectivity index (χ4v) is 2.22. The zero-order valence-corrected chi connectivity index (χ0v) is 13.9. The maximum Gasteiger partial charge on any atom is 0.228 e. The number of rotatable bonds is 6. The largest absolute Gasteiger partial charge is 0.508 e. The van der Waals surface area contributed by atoms with E-state index in [4.69, 9.17) is 0 Å². The molecule has 5 nitrogen and oxygen atoms in total. The van der Waals surface area contributed by atoms with Crippen LogP contribution in [0.15, 0.2) is 48.5 Å². The molecule has 0 atom stereocenters. The molecular formula is C19H22N2O3. The van der Waals surface area contributed by atoms with Gasteiger partial charge in [-0.2, -0.15) is 0 Å². The van der Waals surface area contributed by atoms with Crippen molar-refractivity contribution in [3.8, 4) is 5.75 Å². The van der Waals surface area contributed by atoms with Crippen LogP contribution in [0.3, 0.4) is 0 Å². The minimum Gasteiger partial charge on any atom is -0.508 e. The van der Waals surface area contributed by atoms with Gasteiger partial charge in [0.05, 0.1) is 6.42 Å². The van der Waals surface area contributed by atoms with Gasteiger partial charge in [-0.1, -0.05) is 26.0 Å². The highest BCUT2D eigenvalue weighted by molar-refractivity contribution is 5.93. The third kappa shape index (κ3) is 5.76. The second-order valence-electron chi connectivity index (χ2n) is 6.11. The smallest absolute Gasteiger partial charge is 0.228 e. The number of phenols is 1. The van der Waals surface area contributed by atoms with Crippen LogP contribution in [0, 0.1) is 5.92 Å². The molecule has 0 spiro atoms. The van der Waals surface area contributed by atoms with Gasteiger partial charge in [0.15, 0.2) is 0 Å². The Morgan fingerprint density at radius 2 is 1.38 bits per heavy atom. The standard InChI is InChI=1S/C19H22N2O3/c1-13(2)11-18(23)20-15-5-7-16(8-6-15)21-19(24)12-14-3-9-17(22)10-4-14/h3-10,13,22H,11-12H2,1-2H3,(H,20,23)(H,21,24). The lowest BCUT2D eigenvalue weighted by molar-refractivity contribution is -0.117. The van der Waals surface area contributed by atoms with E-state index in [1.54, 1.807) is 48.5 Å². The zero-order chi connectivity index (χ0) is 17.5. The average molecular weight is 326 g/mol. The Morgan fingerprint density at radius 3 is 1.88 bits per heavy atom. The van der Waals surface area contributed by atoms with Crippen LogP contribution in [0.1, 0.15) is 25.8 Å². The van der Waals surface area contributed by atoms with Gasteiger partial charge in [-0.15, -0.1) is 0 Å². The number of phenolic OH excluding ortho intramolecular Hbond substituents is 1. The quantitative estimate of drug-likeness (QED) is 0.759. The third-order valence-electron chi connectivity index (χ3n) is 3.35. The first-order valence-electron chi connectivity index (χ1n) is 7.90. The van der Waals surface area contributed by atoms with Crippen molar-refractivity contribution in [3.05, 3.63) is 54.1 Å². The molecule has 24 heavy (non-hydrogen) atoms. The normalized spacial score (nSPS) is 10.5. The Bertz CT molecular complexity index is 692. The van der Waals surface area contributed by atoms with E-state index in [9.17, 15) is 14.7 Å². The molecule has 0 saturated heterocycles. The molecule has 3 N–H and O–H groups in total. The summed E-state index contributed by atoms with van der Waals surface area (Å²) in [6.45, 7) is 3.98. The van der Waals surface area contributed by atoms with E-state index in [1.807, 2.05) is 13.8 Å². The monoisotopic (exact) mass is 326 g/mol. The van der Waals surface area contributed by atoms with Crippen LogP contribution in [0.4, 0.5) is 11.4 Å². The number of nitrogens with one attached hydrogen (secondary N) is 2. The molecule has 0 aromatic heterocycles. The molecule has 0 bridgehead atoms. The Balaban J connectivity index is 1.87. The van der Waals surface area contributed by atoms with Gasteiger partial charge in [0.1, 0.15) is 5.75 Å². The number of carbonyl (C=O) groups excluding carboxylic acids is 2. The summed E-state index contributed by atoms with van der Waals surface area (Å²) < 4.78 is 0. The van der Waals surface area contributed by atoms with Crippen molar-refractivity contribution in [1.82, 2.24) is 0 Å². The number of amides is 2. The summed E-state index contributed by atoms with van der Waals surface area (Å²) in [5.74, 6) is 0.323. The zero-order valence-electron chi connectivity index (χ0n) is 13.9. The van der Waals surface area contributed by atoms with Gasteiger partial charge >= 0.3 is 0 Å². The van der Waals surface area contributed by atoms with Crippen molar-refractivity contribution in [2.24, 2.45) is 5.92 Å². The molecule has 0 aliphatic rings.